The molecule has 4 rings (SSSR count). The number of nitrogens with zero attached hydrogens (tertiary/aromatic N) is 2. The highest BCUT2D eigenvalue weighted by Gasteiger charge is 2.29. The van der Waals surface area contributed by atoms with Crippen molar-refractivity contribution in [1.29, 1.82) is 0 Å². The second kappa shape index (κ2) is 5.15. The molecular weight excluding hydrogens is 258 g/mol. The lowest BCUT2D eigenvalue weighted by atomic mass is 9.98. The highest BCUT2D eigenvalue weighted by molar-refractivity contribution is 5.69. The van der Waals surface area contributed by atoms with Crippen LogP contribution in [0, 0.1) is 0 Å². The number of rotatable bonds is 3. The molecule has 1 aliphatic heterocycles. The predicted molar refractivity (Wildman–Crippen MR) is 86.1 cm³/mol. The van der Waals surface area contributed by atoms with Crippen LogP contribution >= 0.6 is 0 Å². The van der Waals surface area contributed by atoms with Gasteiger partial charge in [-0.15, -0.1) is 0 Å². The summed E-state index contributed by atoms with van der Waals surface area (Å²) in [4.78, 5) is 7.29. The van der Waals surface area contributed by atoms with Gasteiger partial charge in [-0.3, -0.25) is 0 Å². The van der Waals surface area contributed by atoms with Crippen LogP contribution in [-0.2, 0) is 12.8 Å². The molecule has 3 nitrogen and oxygen atoms in total. The molecule has 1 unspecified atom stereocenters. The van der Waals surface area contributed by atoms with E-state index in [4.69, 9.17) is 10.7 Å². The Labute approximate surface area is 125 Å². The van der Waals surface area contributed by atoms with Crippen molar-refractivity contribution in [3.8, 4) is 0 Å². The summed E-state index contributed by atoms with van der Waals surface area (Å²) in [5.41, 5.74) is 11.3. The Hall–Kier alpha value is -1.87. The Morgan fingerprint density at radius 3 is 2.95 bits per heavy atom. The summed E-state index contributed by atoms with van der Waals surface area (Å²) in [6.07, 6.45) is 4.61. The smallest absolute Gasteiger partial charge is 0.133 e. The van der Waals surface area contributed by atoms with Gasteiger partial charge >= 0.3 is 0 Å². The zero-order valence-corrected chi connectivity index (χ0v) is 12.3. The average molecular weight is 279 g/mol. The van der Waals surface area contributed by atoms with E-state index in [0.29, 0.717) is 5.92 Å². The number of benzene rings is 1. The molecule has 2 aromatic rings. The molecule has 1 aliphatic carbocycles. The van der Waals surface area contributed by atoms with Crippen molar-refractivity contribution in [2.24, 2.45) is 5.73 Å². The van der Waals surface area contributed by atoms with Gasteiger partial charge in [-0.05, 0) is 55.5 Å². The third-order valence-corrected chi connectivity index (χ3v) is 4.78. The number of anilines is 2. The molecule has 2 N–H and O–H groups in total. The van der Waals surface area contributed by atoms with E-state index in [9.17, 15) is 0 Å². The topological polar surface area (TPSA) is 42.1 Å². The van der Waals surface area contributed by atoms with Crippen LogP contribution < -0.4 is 10.6 Å². The van der Waals surface area contributed by atoms with Gasteiger partial charge in [0.25, 0.3) is 0 Å². The van der Waals surface area contributed by atoms with Crippen LogP contribution in [0.5, 0.6) is 0 Å². The first-order valence-electron chi connectivity index (χ1n) is 7.92. The van der Waals surface area contributed by atoms with E-state index in [1.165, 1.54) is 35.3 Å². The monoisotopic (exact) mass is 279 g/mol. The molecule has 0 spiro atoms. The second-order valence-electron chi connectivity index (χ2n) is 6.07. The Morgan fingerprint density at radius 2 is 2.05 bits per heavy atom. The van der Waals surface area contributed by atoms with Crippen LogP contribution in [0.15, 0.2) is 36.4 Å². The summed E-state index contributed by atoms with van der Waals surface area (Å²) in [5.74, 6) is 1.63. The maximum absolute atomic E-state index is 5.79. The standard InChI is InChI=1S/C18H21N3/c19-11-10-14-12-21(17-7-2-1-5-15(14)17)18-9-8-13-4-3-6-16(13)20-18/h1-2,5,7-9,14H,3-4,6,10-12,19H2. The largest absolute Gasteiger partial charge is 0.330 e. The van der Waals surface area contributed by atoms with Gasteiger partial charge < -0.3 is 10.6 Å². The molecule has 0 saturated heterocycles. The summed E-state index contributed by atoms with van der Waals surface area (Å²) in [5, 5.41) is 0. The van der Waals surface area contributed by atoms with Gasteiger partial charge in [-0.25, -0.2) is 4.98 Å². The van der Waals surface area contributed by atoms with Crippen molar-refractivity contribution in [3.05, 3.63) is 53.2 Å². The average Bonchev–Trinajstić information content (AvgIpc) is 3.12. The highest BCUT2D eigenvalue weighted by Crippen LogP contribution is 2.41. The first kappa shape index (κ1) is 12.8. The van der Waals surface area contributed by atoms with Gasteiger partial charge in [0.2, 0.25) is 0 Å². The molecule has 2 aliphatic rings. The molecule has 1 aromatic carbocycles. The lowest BCUT2D eigenvalue weighted by Crippen LogP contribution is -2.18. The summed E-state index contributed by atoms with van der Waals surface area (Å²) in [6, 6.07) is 13.1. The van der Waals surface area contributed by atoms with Gasteiger partial charge in [-0.2, -0.15) is 0 Å². The van der Waals surface area contributed by atoms with E-state index in [2.05, 4.69) is 41.3 Å². The van der Waals surface area contributed by atoms with Crippen molar-refractivity contribution in [2.75, 3.05) is 18.0 Å². The number of para-hydroxylation sites is 1. The van der Waals surface area contributed by atoms with Crippen LogP contribution in [0.25, 0.3) is 0 Å². The second-order valence-corrected chi connectivity index (χ2v) is 6.07. The van der Waals surface area contributed by atoms with E-state index >= 15 is 0 Å². The molecule has 1 atom stereocenters. The summed E-state index contributed by atoms with van der Waals surface area (Å²) in [6.45, 7) is 1.74. The Balaban J connectivity index is 1.73. The van der Waals surface area contributed by atoms with Crippen molar-refractivity contribution >= 4 is 11.5 Å². The molecule has 0 radical (unpaired) electrons. The van der Waals surface area contributed by atoms with Crippen molar-refractivity contribution in [3.63, 3.8) is 0 Å². The van der Waals surface area contributed by atoms with Crippen molar-refractivity contribution in [2.45, 2.75) is 31.6 Å². The number of aromatic nitrogens is 1. The fourth-order valence-electron chi connectivity index (χ4n) is 3.72. The van der Waals surface area contributed by atoms with Crippen molar-refractivity contribution < 1.29 is 0 Å². The molecule has 1 aromatic heterocycles. The van der Waals surface area contributed by atoms with Crippen LogP contribution in [-0.4, -0.2) is 18.1 Å². The first-order valence-corrected chi connectivity index (χ1v) is 7.92. The lowest BCUT2D eigenvalue weighted by molar-refractivity contribution is 0.667. The Bertz CT molecular complexity index is 665. The van der Waals surface area contributed by atoms with Gasteiger partial charge in [0.05, 0.1) is 0 Å². The van der Waals surface area contributed by atoms with Crippen LogP contribution in [0.4, 0.5) is 11.5 Å². The zero-order chi connectivity index (χ0) is 14.2. The van der Waals surface area contributed by atoms with Crippen LogP contribution in [0.3, 0.4) is 0 Å². The summed E-state index contributed by atoms with van der Waals surface area (Å²) >= 11 is 0. The minimum absolute atomic E-state index is 0.529. The van der Waals surface area contributed by atoms with Crippen molar-refractivity contribution in [1.82, 2.24) is 4.98 Å². The Morgan fingerprint density at radius 1 is 1.14 bits per heavy atom. The quantitative estimate of drug-likeness (QED) is 0.938. The molecule has 2 heterocycles. The lowest BCUT2D eigenvalue weighted by Gasteiger charge is -2.19. The number of fused-ring (bicyclic) bond motifs is 2. The van der Waals surface area contributed by atoms with E-state index in [1.807, 2.05) is 0 Å². The molecular formula is C18H21N3. The number of hydrogen-bond donors (Lipinski definition) is 1. The third-order valence-electron chi connectivity index (χ3n) is 4.78. The molecule has 0 bridgehead atoms. The summed E-state index contributed by atoms with van der Waals surface area (Å²) in [7, 11) is 0. The normalized spacial score (nSPS) is 19.7. The zero-order valence-electron chi connectivity index (χ0n) is 12.3. The highest BCUT2D eigenvalue weighted by atomic mass is 15.2. The fraction of sp³-hybridized carbons (Fsp3) is 0.389. The molecule has 0 amide bonds. The molecule has 0 fully saturated rings. The number of aryl methyl sites for hydroxylation is 2. The number of hydrogen-bond acceptors (Lipinski definition) is 3. The maximum Gasteiger partial charge on any atom is 0.133 e. The van der Waals surface area contributed by atoms with Gasteiger partial charge in [0.1, 0.15) is 5.82 Å². The van der Waals surface area contributed by atoms with E-state index in [0.717, 1.165) is 31.7 Å². The first-order chi connectivity index (χ1) is 10.4. The summed E-state index contributed by atoms with van der Waals surface area (Å²) < 4.78 is 0. The minimum atomic E-state index is 0.529. The van der Waals surface area contributed by atoms with E-state index in [-0.39, 0.29) is 0 Å². The molecule has 21 heavy (non-hydrogen) atoms. The van der Waals surface area contributed by atoms with Gasteiger partial charge in [0, 0.05) is 23.8 Å². The number of nitrogens with two attached hydrogens (primary N) is 1. The van der Waals surface area contributed by atoms with Gasteiger partial charge in [0.15, 0.2) is 0 Å². The fourth-order valence-corrected chi connectivity index (χ4v) is 3.72. The third kappa shape index (κ3) is 2.12. The Kier molecular flexibility index (Phi) is 3.15. The molecule has 0 saturated carbocycles. The van der Waals surface area contributed by atoms with Gasteiger partial charge in [-0.1, -0.05) is 24.3 Å². The van der Waals surface area contributed by atoms with Crippen LogP contribution in [0.1, 0.15) is 35.6 Å². The SMILES string of the molecule is NCCC1CN(c2ccc3c(n2)CCC3)c2ccccc21. The van der Waals surface area contributed by atoms with E-state index < -0.39 is 0 Å². The predicted octanol–water partition coefficient (Wildman–Crippen LogP) is 3.15. The minimum Gasteiger partial charge on any atom is -0.330 e. The van der Waals surface area contributed by atoms with E-state index in [1.54, 1.807) is 0 Å². The van der Waals surface area contributed by atoms with Crippen LogP contribution in [0.2, 0.25) is 0 Å². The molecule has 3 heteroatoms. The molecule has 108 valence electrons. The maximum atomic E-state index is 5.79. The number of pyridine rings is 1.